The summed E-state index contributed by atoms with van der Waals surface area (Å²) in [5.74, 6) is 0.819. The lowest BCUT2D eigenvalue weighted by Gasteiger charge is -2.14. The quantitative estimate of drug-likeness (QED) is 0.215. The third kappa shape index (κ3) is 5.97. The number of guanidine groups is 1. The van der Waals surface area contributed by atoms with Gasteiger partial charge in [-0.15, -0.1) is 24.0 Å². The van der Waals surface area contributed by atoms with Crippen molar-refractivity contribution in [1.29, 1.82) is 0 Å². The molecular weight excluding hydrogens is 463 g/mol. The highest BCUT2D eigenvalue weighted by molar-refractivity contribution is 14.0. The summed E-state index contributed by atoms with van der Waals surface area (Å²) in [4.78, 5) is 4.32. The second-order valence-corrected chi connectivity index (χ2v) is 6.48. The summed E-state index contributed by atoms with van der Waals surface area (Å²) in [6.07, 6.45) is 3.18. The highest BCUT2D eigenvalue weighted by Crippen LogP contribution is 2.15. The summed E-state index contributed by atoms with van der Waals surface area (Å²) in [7, 11) is 3.52. The number of hydrogen-bond acceptors (Lipinski definition) is 2. The minimum Gasteiger partial charge on any atom is -0.380 e. The van der Waals surface area contributed by atoms with E-state index < -0.39 is 0 Å². The van der Waals surface area contributed by atoms with E-state index in [9.17, 15) is 0 Å². The predicted molar refractivity (Wildman–Crippen MR) is 127 cm³/mol. The molecule has 150 valence electrons. The van der Waals surface area contributed by atoms with Crippen molar-refractivity contribution in [2.24, 2.45) is 4.99 Å². The zero-order valence-corrected chi connectivity index (χ0v) is 18.9. The predicted octanol–water partition coefficient (Wildman–Crippen LogP) is 4.16. The number of para-hydroxylation sites is 1. The third-order valence-electron chi connectivity index (χ3n) is 4.64. The van der Waals surface area contributed by atoms with Crippen LogP contribution in [-0.2, 0) is 24.4 Å². The summed E-state index contributed by atoms with van der Waals surface area (Å²) in [6.45, 7) is 3.19. The van der Waals surface area contributed by atoms with Gasteiger partial charge < -0.3 is 19.9 Å². The van der Waals surface area contributed by atoms with Crippen LogP contribution in [0.2, 0.25) is 0 Å². The Kier molecular flexibility index (Phi) is 9.30. The van der Waals surface area contributed by atoms with Gasteiger partial charge in [0.2, 0.25) is 0 Å². The van der Waals surface area contributed by atoms with Crippen LogP contribution in [0.4, 0.5) is 0 Å². The van der Waals surface area contributed by atoms with Gasteiger partial charge in [-0.25, -0.2) is 0 Å². The lowest BCUT2D eigenvalue weighted by atomic mass is 10.1. The molecule has 1 heterocycles. The molecule has 0 amide bonds. The molecule has 0 aliphatic heterocycles. The number of nitrogens with zero attached hydrogens (tertiary/aromatic N) is 2. The van der Waals surface area contributed by atoms with Crippen LogP contribution in [0.3, 0.4) is 0 Å². The van der Waals surface area contributed by atoms with E-state index in [1.165, 1.54) is 22.0 Å². The summed E-state index contributed by atoms with van der Waals surface area (Å²) >= 11 is 0. The standard InChI is InChI=1S/C22H28N4O.HI/c1-23-22(25-16-19-9-3-4-10-20(19)17-27-2)24-13-7-14-26-15-12-18-8-5-6-11-21(18)26;/h3-6,8-12,15H,7,13-14,16-17H2,1-2H3,(H2,23,24,25);1H. The number of fused-ring (bicyclic) bond motifs is 1. The van der Waals surface area contributed by atoms with Crippen LogP contribution in [0.1, 0.15) is 17.5 Å². The molecule has 1 aromatic heterocycles. The van der Waals surface area contributed by atoms with Crippen LogP contribution in [0.15, 0.2) is 65.8 Å². The maximum absolute atomic E-state index is 5.27. The first-order chi connectivity index (χ1) is 13.3. The average Bonchev–Trinajstić information content (AvgIpc) is 3.12. The molecule has 0 radical (unpaired) electrons. The topological polar surface area (TPSA) is 50.6 Å². The molecule has 0 saturated heterocycles. The van der Waals surface area contributed by atoms with Crippen LogP contribution >= 0.6 is 24.0 Å². The van der Waals surface area contributed by atoms with Crippen molar-refractivity contribution in [2.45, 2.75) is 26.1 Å². The number of nitrogens with one attached hydrogen (secondary N) is 2. The molecule has 5 nitrogen and oxygen atoms in total. The molecule has 0 spiro atoms. The molecule has 2 N–H and O–H groups in total. The Labute approximate surface area is 184 Å². The fraction of sp³-hybridized carbons (Fsp3) is 0.318. The number of halogens is 1. The second-order valence-electron chi connectivity index (χ2n) is 6.48. The molecular formula is C22H29IN4O. The van der Waals surface area contributed by atoms with E-state index >= 15 is 0 Å². The van der Waals surface area contributed by atoms with Crippen molar-refractivity contribution in [3.63, 3.8) is 0 Å². The van der Waals surface area contributed by atoms with Crippen molar-refractivity contribution >= 4 is 40.8 Å². The van der Waals surface area contributed by atoms with Crippen LogP contribution < -0.4 is 10.6 Å². The minimum atomic E-state index is 0. The largest absolute Gasteiger partial charge is 0.380 e. The zero-order valence-electron chi connectivity index (χ0n) is 16.5. The normalized spacial score (nSPS) is 11.3. The SMILES string of the molecule is CN=C(NCCCn1ccc2ccccc21)NCc1ccccc1COC.I. The number of aryl methyl sites for hydroxylation is 1. The van der Waals surface area contributed by atoms with Gasteiger partial charge in [0.1, 0.15) is 0 Å². The van der Waals surface area contributed by atoms with Gasteiger partial charge in [0.15, 0.2) is 5.96 Å². The summed E-state index contributed by atoms with van der Waals surface area (Å²) in [6, 6.07) is 18.9. The highest BCUT2D eigenvalue weighted by Gasteiger charge is 2.04. The number of hydrogen-bond donors (Lipinski definition) is 2. The molecule has 0 aliphatic carbocycles. The Hall–Kier alpha value is -2.06. The Bertz CT molecular complexity index is 891. The zero-order chi connectivity index (χ0) is 18.9. The Morgan fingerprint density at radius 3 is 2.54 bits per heavy atom. The maximum Gasteiger partial charge on any atom is 0.191 e. The number of methoxy groups -OCH3 is 1. The van der Waals surface area contributed by atoms with Crippen LogP contribution in [0.5, 0.6) is 0 Å². The minimum absolute atomic E-state index is 0. The first kappa shape index (κ1) is 22.2. The molecule has 3 rings (SSSR count). The Morgan fingerprint density at radius 1 is 1.00 bits per heavy atom. The van der Waals surface area contributed by atoms with Gasteiger partial charge in [-0.2, -0.15) is 0 Å². The highest BCUT2D eigenvalue weighted by atomic mass is 127. The monoisotopic (exact) mass is 492 g/mol. The van der Waals surface area contributed by atoms with Crippen LogP contribution in [-0.4, -0.2) is 31.2 Å². The van der Waals surface area contributed by atoms with Crippen molar-refractivity contribution < 1.29 is 4.74 Å². The van der Waals surface area contributed by atoms with Crippen molar-refractivity contribution in [3.05, 3.63) is 71.9 Å². The lowest BCUT2D eigenvalue weighted by Crippen LogP contribution is -2.37. The van der Waals surface area contributed by atoms with E-state index in [-0.39, 0.29) is 24.0 Å². The molecule has 0 atom stereocenters. The molecule has 3 aromatic rings. The van der Waals surface area contributed by atoms with E-state index in [1.54, 1.807) is 14.2 Å². The molecule has 0 saturated carbocycles. The average molecular weight is 492 g/mol. The first-order valence-corrected chi connectivity index (χ1v) is 9.36. The number of ether oxygens (including phenoxy) is 1. The fourth-order valence-electron chi connectivity index (χ4n) is 3.22. The van der Waals surface area contributed by atoms with E-state index in [4.69, 9.17) is 4.74 Å². The molecule has 0 fully saturated rings. The number of aliphatic imine (C=N–C) groups is 1. The van der Waals surface area contributed by atoms with Gasteiger partial charge in [0.05, 0.1) is 6.61 Å². The van der Waals surface area contributed by atoms with E-state index in [1.807, 2.05) is 12.1 Å². The second kappa shape index (κ2) is 11.7. The number of benzene rings is 2. The third-order valence-corrected chi connectivity index (χ3v) is 4.64. The molecule has 0 aliphatic rings. The number of aromatic nitrogens is 1. The van der Waals surface area contributed by atoms with E-state index in [0.717, 1.165) is 32.0 Å². The van der Waals surface area contributed by atoms with Crippen molar-refractivity contribution in [2.75, 3.05) is 20.7 Å². The van der Waals surface area contributed by atoms with Crippen LogP contribution in [0, 0.1) is 0 Å². The van der Waals surface area contributed by atoms with Crippen molar-refractivity contribution in [3.8, 4) is 0 Å². The summed E-state index contributed by atoms with van der Waals surface area (Å²) in [5.41, 5.74) is 3.71. The molecule has 0 bridgehead atoms. The Morgan fingerprint density at radius 2 is 1.75 bits per heavy atom. The fourth-order valence-corrected chi connectivity index (χ4v) is 3.22. The first-order valence-electron chi connectivity index (χ1n) is 9.36. The van der Waals surface area contributed by atoms with Gasteiger partial charge in [0, 0.05) is 45.5 Å². The van der Waals surface area contributed by atoms with Gasteiger partial charge in [0.25, 0.3) is 0 Å². The molecule has 0 unspecified atom stereocenters. The summed E-state index contributed by atoms with van der Waals surface area (Å²) < 4.78 is 7.57. The smallest absolute Gasteiger partial charge is 0.191 e. The van der Waals surface area contributed by atoms with Gasteiger partial charge in [-0.05, 0) is 35.1 Å². The van der Waals surface area contributed by atoms with E-state index in [2.05, 4.69) is 68.9 Å². The van der Waals surface area contributed by atoms with Crippen molar-refractivity contribution in [1.82, 2.24) is 15.2 Å². The Balaban J connectivity index is 0.00000280. The van der Waals surface area contributed by atoms with Crippen LogP contribution in [0.25, 0.3) is 10.9 Å². The maximum atomic E-state index is 5.27. The molecule has 6 heteroatoms. The summed E-state index contributed by atoms with van der Waals surface area (Å²) in [5, 5.41) is 8.07. The lowest BCUT2D eigenvalue weighted by molar-refractivity contribution is 0.184. The molecule has 28 heavy (non-hydrogen) atoms. The molecule has 2 aromatic carbocycles. The van der Waals surface area contributed by atoms with Gasteiger partial charge in [-0.3, -0.25) is 4.99 Å². The van der Waals surface area contributed by atoms with Gasteiger partial charge >= 0.3 is 0 Å². The van der Waals surface area contributed by atoms with Gasteiger partial charge in [-0.1, -0.05) is 42.5 Å². The number of rotatable bonds is 8. The van der Waals surface area contributed by atoms with E-state index in [0.29, 0.717) is 6.61 Å².